The molecule has 1 radical (unpaired) electrons. The third kappa shape index (κ3) is 1.18. The molecule has 0 spiro atoms. The van der Waals surface area contributed by atoms with Gasteiger partial charge in [0.2, 0.25) is 0 Å². The van der Waals surface area contributed by atoms with Gasteiger partial charge in [0.25, 0.3) is 0 Å². The second-order valence-electron chi connectivity index (χ2n) is 1.94. The fourth-order valence-electron chi connectivity index (χ4n) is 0.780. The number of hydrogen-bond donors (Lipinski definition) is 1. The van der Waals surface area contributed by atoms with E-state index in [2.05, 4.69) is 5.92 Å². The van der Waals surface area contributed by atoms with Gasteiger partial charge in [0.05, 0.1) is 6.61 Å². The van der Waals surface area contributed by atoms with Crippen LogP contribution in [0.3, 0.4) is 0 Å². The number of benzene rings is 1. The van der Waals surface area contributed by atoms with Crippen molar-refractivity contribution >= 4 is 0 Å². The smallest absolute Gasteiger partial charge is 0.0694 e. The van der Waals surface area contributed by atoms with Gasteiger partial charge in [-0.2, -0.15) is 0 Å². The molecule has 1 nitrogen and oxygen atoms in total. The van der Waals surface area contributed by atoms with E-state index >= 15 is 0 Å². The van der Waals surface area contributed by atoms with Crippen molar-refractivity contribution in [3.8, 4) is 5.92 Å². The summed E-state index contributed by atoms with van der Waals surface area (Å²) >= 11 is 0. The molecule has 1 N–H and O–H groups in total. The molecule has 0 saturated heterocycles. The Hall–Kier alpha value is -1.26. The first-order chi connectivity index (χ1) is 4.88. The Bertz CT molecular complexity index is 258. The Labute approximate surface area is 60.3 Å². The lowest BCUT2D eigenvalue weighted by atomic mass is 10.1. The minimum Gasteiger partial charge on any atom is -0.392 e. The summed E-state index contributed by atoms with van der Waals surface area (Å²) in [6.45, 7) is -0.0257. The summed E-state index contributed by atoms with van der Waals surface area (Å²) in [6, 6.07) is 7.16. The van der Waals surface area contributed by atoms with Crippen molar-refractivity contribution in [2.45, 2.75) is 6.61 Å². The van der Waals surface area contributed by atoms with E-state index in [4.69, 9.17) is 11.5 Å². The van der Waals surface area contributed by atoms with Crippen LogP contribution in [0.1, 0.15) is 11.1 Å². The summed E-state index contributed by atoms with van der Waals surface area (Å²) in [4.78, 5) is 0. The lowest BCUT2D eigenvalue weighted by Crippen LogP contribution is -1.86. The Morgan fingerprint density at radius 3 is 2.60 bits per heavy atom. The molecule has 0 saturated carbocycles. The van der Waals surface area contributed by atoms with E-state index in [1.807, 2.05) is 12.1 Å². The van der Waals surface area contributed by atoms with Crippen molar-refractivity contribution in [1.82, 2.24) is 0 Å². The Kier molecular flexibility index (Phi) is 2.09. The molecule has 0 atom stereocenters. The fraction of sp³-hybridized carbons (Fsp3) is 0.111. The molecule has 0 aliphatic heterocycles. The van der Waals surface area contributed by atoms with Crippen LogP contribution in [0.25, 0.3) is 0 Å². The van der Waals surface area contributed by atoms with Crippen molar-refractivity contribution < 1.29 is 5.11 Å². The van der Waals surface area contributed by atoms with Gasteiger partial charge in [0.1, 0.15) is 0 Å². The van der Waals surface area contributed by atoms with Crippen LogP contribution in [0.15, 0.2) is 24.3 Å². The van der Waals surface area contributed by atoms with E-state index in [0.717, 1.165) is 5.56 Å². The van der Waals surface area contributed by atoms with Crippen LogP contribution in [0.5, 0.6) is 0 Å². The number of aliphatic hydroxyl groups is 1. The molecule has 1 rings (SSSR count). The largest absolute Gasteiger partial charge is 0.392 e. The average Bonchev–Trinajstić information content (AvgIpc) is 2.04. The molecular weight excluding hydrogens is 124 g/mol. The molecule has 1 heteroatoms. The number of aliphatic hydroxyl groups excluding tert-OH is 1. The van der Waals surface area contributed by atoms with Crippen LogP contribution >= 0.6 is 0 Å². The van der Waals surface area contributed by atoms with Gasteiger partial charge in [0, 0.05) is 5.56 Å². The van der Waals surface area contributed by atoms with Crippen molar-refractivity contribution in [2.75, 3.05) is 0 Å². The predicted octanol–water partition coefficient (Wildman–Crippen LogP) is 1.12. The molecule has 10 heavy (non-hydrogen) atoms. The molecule has 0 amide bonds. The lowest BCUT2D eigenvalue weighted by Gasteiger charge is -1.96. The maximum Gasteiger partial charge on any atom is 0.0694 e. The highest BCUT2D eigenvalue weighted by molar-refractivity contribution is 5.37. The molecule has 0 aromatic heterocycles. The van der Waals surface area contributed by atoms with Crippen molar-refractivity contribution in [3.63, 3.8) is 0 Å². The number of hydrogen-bond acceptors (Lipinski definition) is 1. The van der Waals surface area contributed by atoms with Crippen LogP contribution in [0.2, 0.25) is 0 Å². The van der Waals surface area contributed by atoms with E-state index in [1.165, 1.54) is 0 Å². The quantitative estimate of drug-likeness (QED) is 0.566. The summed E-state index contributed by atoms with van der Waals surface area (Å²) in [5.74, 6) is 2.24. The highest BCUT2D eigenvalue weighted by atomic mass is 16.3. The molecule has 0 fully saturated rings. The molecule has 0 heterocycles. The zero-order valence-corrected chi connectivity index (χ0v) is 5.46. The van der Waals surface area contributed by atoms with E-state index in [1.54, 1.807) is 12.1 Å². The first-order valence-corrected chi connectivity index (χ1v) is 3.00. The van der Waals surface area contributed by atoms with Crippen LogP contribution in [-0.4, -0.2) is 5.11 Å². The summed E-state index contributed by atoms with van der Waals surface area (Å²) in [6.07, 6.45) is 6.83. The third-order valence-electron chi connectivity index (χ3n) is 1.32. The summed E-state index contributed by atoms with van der Waals surface area (Å²) in [5.41, 5.74) is 1.41. The first-order valence-electron chi connectivity index (χ1n) is 3.00. The van der Waals surface area contributed by atoms with Gasteiger partial charge in [0.15, 0.2) is 0 Å². The fourth-order valence-corrected chi connectivity index (χ4v) is 0.780. The third-order valence-corrected chi connectivity index (χ3v) is 1.32. The molecular formula is C9H7O. The van der Waals surface area contributed by atoms with Crippen LogP contribution < -0.4 is 0 Å². The zero-order valence-electron chi connectivity index (χ0n) is 5.46. The summed E-state index contributed by atoms with van der Waals surface area (Å²) in [7, 11) is 0. The van der Waals surface area contributed by atoms with Crippen LogP contribution in [0.4, 0.5) is 0 Å². The van der Waals surface area contributed by atoms with Gasteiger partial charge < -0.3 is 5.11 Å². The van der Waals surface area contributed by atoms with Crippen molar-refractivity contribution in [1.29, 1.82) is 0 Å². The van der Waals surface area contributed by atoms with Crippen LogP contribution in [-0.2, 0) is 6.61 Å². The van der Waals surface area contributed by atoms with Gasteiger partial charge in [-0.3, -0.25) is 0 Å². The van der Waals surface area contributed by atoms with Gasteiger partial charge in [-0.05, 0) is 18.1 Å². The molecule has 0 aliphatic rings. The van der Waals surface area contributed by atoms with Crippen molar-refractivity contribution in [3.05, 3.63) is 41.8 Å². The second-order valence-corrected chi connectivity index (χ2v) is 1.94. The van der Waals surface area contributed by atoms with Gasteiger partial charge >= 0.3 is 0 Å². The van der Waals surface area contributed by atoms with Crippen molar-refractivity contribution in [2.24, 2.45) is 0 Å². The molecule has 1 aromatic rings. The molecule has 1 aromatic carbocycles. The zero-order chi connectivity index (χ0) is 7.40. The Morgan fingerprint density at radius 1 is 1.40 bits per heavy atom. The van der Waals surface area contributed by atoms with Gasteiger partial charge in [-0.25, -0.2) is 0 Å². The minimum atomic E-state index is -0.0257. The lowest BCUT2D eigenvalue weighted by molar-refractivity contribution is 0.281. The van der Waals surface area contributed by atoms with E-state index in [-0.39, 0.29) is 6.61 Å². The van der Waals surface area contributed by atoms with E-state index in [0.29, 0.717) is 5.56 Å². The predicted molar refractivity (Wildman–Crippen MR) is 38.6 cm³/mol. The molecule has 49 valence electrons. The summed E-state index contributed by atoms with van der Waals surface area (Å²) in [5, 5.41) is 8.73. The summed E-state index contributed by atoms with van der Waals surface area (Å²) < 4.78 is 0. The van der Waals surface area contributed by atoms with Gasteiger partial charge in [-0.1, -0.05) is 24.1 Å². The Balaban J connectivity index is 3.12. The maximum atomic E-state index is 8.73. The molecule has 0 aliphatic carbocycles. The minimum absolute atomic E-state index is 0.0257. The highest BCUT2D eigenvalue weighted by Crippen LogP contribution is 2.05. The normalized spacial score (nSPS) is 8.80. The first kappa shape index (κ1) is 6.85. The van der Waals surface area contributed by atoms with E-state index < -0.39 is 0 Å². The van der Waals surface area contributed by atoms with Gasteiger partial charge in [-0.15, -0.1) is 0 Å². The number of rotatable bonds is 1. The van der Waals surface area contributed by atoms with E-state index in [9.17, 15) is 0 Å². The average molecular weight is 131 g/mol. The topological polar surface area (TPSA) is 20.2 Å². The molecule has 0 bridgehead atoms. The second kappa shape index (κ2) is 3.05. The SMILES string of the molecule is [C]#Cc1ccccc1CO. The Morgan fingerprint density at radius 2 is 2.10 bits per heavy atom. The molecule has 0 unspecified atom stereocenters. The van der Waals surface area contributed by atoms with Crippen LogP contribution in [0, 0.1) is 12.3 Å². The maximum absolute atomic E-state index is 8.73. The highest BCUT2D eigenvalue weighted by Gasteiger charge is 1.93. The monoisotopic (exact) mass is 131 g/mol. The standard InChI is InChI=1S/C9H7O/c1-2-8-5-3-4-6-9(8)7-10/h3-6,10H,7H2.